The number of aromatic nitrogens is 1. The summed E-state index contributed by atoms with van der Waals surface area (Å²) in [6.07, 6.45) is 3.18. The molecule has 0 bridgehead atoms. The second-order valence-electron chi connectivity index (χ2n) is 7.12. The molecule has 1 saturated carbocycles. The van der Waals surface area contributed by atoms with Crippen LogP contribution in [0.4, 0.5) is 0 Å². The molecule has 1 aromatic heterocycles. The van der Waals surface area contributed by atoms with Crippen LogP contribution in [0.25, 0.3) is 0 Å². The lowest BCUT2D eigenvalue weighted by Crippen LogP contribution is -2.50. The minimum atomic E-state index is 0.322. The van der Waals surface area contributed by atoms with Crippen LogP contribution in [-0.2, 0) is 18.4 Å². The van der Waals surface area contributed by atoms with E-state index in [-0.39, 0.29) is 0 Å². The first kappa shape index (κ1) is 16.1. The molecule has 2 atom stereocenters. The van der Waals surface area contributed by atoms with Crippen molar-refractivity contribution in [3.8, 4) is 6.07 Å². The van der Waals surface area contributed by atoms with Gasteiger partial charge in [-0.2, -0.15) is 5.26 Å². The van der Waals surface area contributed by atoms with E-state index < -0.39 is 0 Å². The fraction of sp³-hybridized carbons (Fsp3) is 0.667. The van der Waals surface area contributed by atoms with Crippen LogP contribution in [0.2, 0.25) is 0 Å². The summed E-state index contributed by atoms with van der Waals surface area (Å²) in [6.45, 7) is 6.80. The molecule has 0 radical (unpaired) electrons. The molecule has 3 rings (SSSR count). The van der Waals surface area contributed by atoms with E-state index >= 15 is 0 Å². The molecule has 124 valence electrons. The zero-order chi connectivity index (χ0) is 16.6. The standard InChI is InChI=1S/C18H26N4O/c1-12-11-22(18(23)14-4-5-14)7-6-17(12)20-10-15-8-16(9-19)21(3)13(15)2/h8,12,14,17,20H,4-7,10-11H2,1-3H3/t12-,17-/m0/s1. The van der Waals surface area contributed by atoms with Crippen LogP contribution in [0.3, 0.4) is 0 Å². The maximum Gasteiger partial charge on any atom is 0.225 e. The maximum absolute atomic E-state index is 12.2. The van der Waals surface area contributed by atoms with Gasteiger partial charge in [-0.25, -0.2) is 0 Å². The molecule has 2 aliphatic rings. The molecule has 1 N–H and O–H groups in total. The number of nitrogens with zero attached hydrogens (tertiary/aromatic N) is 3. The summed E-state index contributed by atoms with van der Waals surface area (Å²) >= 11 is 0. The van der Waals surface area contributed by atoms with E-state index in [1.165, 1.54) is 5.56 Å². The second-order valence-corrected chi connectivity index (χ2v) is 7.12. The van der Waals surface area contributed by atoms with E-state index in [1.54, 1.807) is 0 Å². The van der Waals surface area contributed by atoms with Crippen LogP contribution in [0.1, 0.15) is 43.1 Å². The number of carbonyl (C=O) groups is 1. The first-order valence-electron chi connectivity index (χ1n) is 8.58. The van der Waals surface area contributed by atoms with Gasteiger partial charge in [-0.1, -0.05) is 6.92 Å². The predicted molar refractivity (Wildman–Crippen MR) is 88.6 cm³/mol. The van der Waals surface area contributed by atoms with Gasteiger partial charge < -0.3 is 14.8 Å². The molecule has 5 nitrogen and oxygen atoms in total. The van der Waals surface area contributed by atoms with Crippen molar-refractivity contribution in [2.24, 2.45) is 18.9 Å². The van der Waals surface area contributed by atoms with E-state index in [4.69, 9.17) is 5.26 Å². The molecular weight excluding hydrogens is 288 g/mol. The molecule has 2 fully saturated rings. The molecule has 1 aliphatic heterocycles. The highest BCUT2D eigenvalue weighted by Crippen LogP contribution is 2.32. The number of hydrogen-bond acceptors (Lipinski definition) is 3. The lowest BCUT2D eigenvalue weighted by Gasteiger charge is -2.37. The zero-order valence-corrected chi connectivity index (χ0v) is 14.3. The molecule has 0 spiro atoms. The summed E-state index contributed by atoms with van der Waals surface area (Å²) in [5, 5.41) is 12.8. The lowest BCUT2D eigenvalue weighted by atomic mass is 9.93. The third-order valence-corrected chi connectivity index (χ3v) is 5.45. The first-order chi connectivity index (χ1) is 11.0. The maximum atomic E-state index is 12.2. The topological polar surface area (TPSA) is 61.1 Å². The van der Waals surface area contributed by atoms with Gasteiger partial charge in [0.05, 0.1) is 0 Å². The highest BCUT2D eigenvalue weighted by molar-refractivity contribution is 5.81. The lowest BCUT2D eigenvalue weighted by molar-refractivity contribution is -0.134. The Bertz CT molecular complexity index is 638. The summed E-state index contributed by atoms with van der Waals surface area (Å²) < 4.78 is 1.94. The Labute approximate surface area is 138 Å². The number of likely N-dealkylation sites (tertiary alicyclic amines) is 1. The molecule has 0 aromatic carbocycles. The molecule has 1 aliphatic carbocycles. The van der Waals surface area contributed by atoms with Crippen molar-refractivity contribution < 1.29 is 4.79 Å². The average molecular weight is 314 g/mol. The Morgan fingerprint density at radius 3 is 2.74 bits per heavy atom. The van der Waals surface area contributed by atoms with Gasteiger partial charge in [0.2, 0.25) is 5.91 Å². The van der Waals surface area contributed by atoms with Crippen molar-refractivity contribution in [2.45, 2.75) is 45.7 Å². The fourth-order valence-corrected chi connectivity index (χ4v) is 3.53. The van der Waals surface area contributed by atoms with Gasteiger partial charge in [-0.15, -0.1) is 0 Å². The Morgan fingerprint density at radius 1 is 1.43 bits per heavy atom. The van der Waals surface area contributed by atoms with Crippen LogP contribution in [-0.4, -0.2) is 34.5 Å². The quantitative estimate of drug-likeness (QED) is 0.924. The first-order valence-corrected chi connectivity index (χ1v) is 8.58. The summed E-state index contributed by atoms with van der Waals surface area (Å²) in [7, 11) is 1.93. The number of hydrogen-bond donors (Lipinski definition) is 1. The van der Waals surface area contributed by atoms with E-state index in [0.29, 0.717) is 29.5 Å². The van der Waals surface area contributed by atoms with Crippen LogP contribution < -0.4 is 5.32 Å². The normalized spacial score (nSPS) is 24.5. The third kappa shape index (κ3) is 3.28. The molecule has 1 saturated heterocycles. The SMILES string of the molecule is Cc1c(CN[C@H]2CCN(C(=O)C3CC3)C[C@@H]2C)cc(C#N)n1C. The van der Waals surface area contributed by atoms with Gasteiger partial charge >= 0.3 is 0 Å². The van der Waals surface area contributed by atoms with Crippen LogP contribution in [0.15, 0.2) is 6.07 Å². The number of piperidine rings is 1. The summed E-state index contributed by atoms with van der Waals surface area (Å²) in [4.78, 5) is 14.2. The van der Waals surface area contributed by atoms with Crippen molar-refractivity contribution in [1.29, 1.82) is 5.26 Å². The van der Waals surface area contributed by atoms with Crippen molar-refractivity contribution in [1.82, 2.24) is 14.8 Å². The Morgan fingerprint density at radius 2 is 2.17 bits per heavy atom. The largest absolute Gasteiger partial charge is 0.342 e. The highest BCUT2D eigenvalue weighted by atomic mass is 16.2. The number of carbonyl (C=O) groups excluding carboxylic acids is 1. The van der Waals surface area contributed by atoms with Gasteiger partial charge in [0.1, 0.15) is 11.8 Å². The van der Waals surface area contributed by atoms with Crippen molar-refractivity contribution in [3.63, 3.8) is 0 Å². The molecule has 0 unspecified atom stereocenters. The molecule has 1 aromatic rings. The molecule has 2 heterocycles. The summed E-state index contributed by atoms with van der Waals surface area (Å²) in [5.74, 6) is 1.15. The van der Waals surface area contributed by atoms with Crippen LogP contribution in [0, 0.1) is 30.1 Å². The van der Waals surface area contributed by atoms with E-state index in [1.807, 2.05) is 17.7 Å². The van der Waals surface area contributed by atoms with Gasteiger partial charge in [0.25, 0.3) is 0 Å². The van der Waals surface area contributed by atoms with Crippen LogP contribution >= 0.6 is 0 Å². The van der Waals surface area contributed by atoms with Gasteiger partial charge in [-0.05, 0) is 43.7 Å². The summed E-state index contributed by atoms with van der Waals surface area (Å²) in [5.41, 5.74) is 3.04. The van der Waals surface area contributed by atoms with Crippen molar-refractivity contribution >= 4 is 5.91 Å². The third-order valence-electron chi connectivity index (χ3n) is 5.45. The van der Waals surface area contributed by atoms with Crippen molar-refractivity contribution in [3.05, 3.63) is 23.0 Å². The molecular formula is C18H26N4O. The number of amides is 1. The van der Waals surface area contributed by atoms with Crippen LogP contribution in [0.5, 0.6) is 0 Å². The smallest absolute Gasteiger partial charge is 0.225 e. The molecule has 5 heteroatoms. The minimum Gasteiger partial charge on any atom is -0.342 e. The predicted octanol–water partition coefficient (Wildman–Crippen LogP) is 1.94. The number of nitriles is 1. The zero-order valence-electron chi connectivity index (χ0n) is 14.3. The molecule has 1 amide bonds. The minimum absolute atomic E-state index is 0.322. The van der Waals surface area contributed by atoms with Gasteiger partial charge in [0, 0.05) is 44.3 Å². The van der Waals surface area contributed by atoms with E-state index in [9.17, 15) is 4.79 Å². The number of rotatable bonds is 4. The van der Waals surface area contributed by atoms with Gasteiger partial charge in [-0.3, -0.25) is 4.79 Å². The van der Waals surface area contributed by atoms with E-state index in [2.05, 4.69) is 30.1 Å². The van der Waals surface area contributed by atoms with E-state index in [0.717, 1.165) is 44.6 Å². The summed E-state index contributed by atoms with van der Waals surface area (Å²) in [6, 6.07) is 4.63. The fourth-order valence-electron chi connectivity index (χ4n) is 3.53. The Hall–Kier alpha value is -1.80. The Kier molecular flexibility index (Phi) is 4.45. The van der Waals surface area contributed by atoms with Crippen molar-refractivity contribution in [2.75, 3.05) is 13.1 Å². The number of nitrogens with one attached hydrogen (secondary N) is 1. The second kappa shape index (κ2) is 6.37. The average Bonchev–Trinajstić information content (AvgIpc) is 3.35. The van der Waals surface area contributed by atoms with Gasteiger partial charge in [0.15, 0.2) is 0 Å². The monoisotopic (exact) mass is 314 g/mol. The molecule has 23 heavy (non-hydrogen) atoms. The highest BCUT2D eigenvalue weighted by Gasteiger charge is 2.36. The Balaban J connectivity index is 1.55.